The summed E-state index contributed by atoms with van der Waals surface area (Å²) in [6.07, 6.45) is 11.3. The van der Waals surface area contributed by atoms with E-state index in [1.807, 2.05) is 0 Å². The third kappa shape index (κ3) is 5.18. The third-order valence-electron chi connectivity index (χ3n) is 6.61. The van der Waals surface area contributed by atoms with Crippen LogP contribution in [0.1, 0.15) is 87.0 Å². The number of rotatable bonds is 11. The van der Waals surface area contributed by atoms with Gasteiger partial charge in [0.15, 0.2) is 0 Å². The normalized spacial score (nSPS) is 33.0. The fraction of sp³-hybridized carbons (Fsp3) is 1.00. The van der Waals surface area contributed by atoms with Crippen LogP contribution in [-0.4, -0.2) is 22.5 Å². The van der Waals surface area contributed by atoms with Gasteiger partial charge < -0.3 is 0 Å². The van der Waals surface area contributed by atoms with E-state index >= 15 is 0 Å². The predicted octanol–water partition coefficient (Wildman–Crippen LogP) is 7.12. The van der Waals surface area contributed by atoms with Crippen molar-refractivity contribution in [2.75, 3.05) is 12.0 Å². The van der Waals surface area contributed by atoms with Crippen LogP contribution < -0.4 is 0 Å². The van der Waals surface area contributed by atoms with Gasteiger partial charge in [-0.05, 0) is 71.9 Å². The molecule has 1 saturated heterocycles. The van der Waals surface area contributed by atoms with Crippen molar-refractivity contribution in [1.29, 1.82) is 0 Å². The van der Waals surface area contributed by atoms with E-state index in [0.29, 0.717) is 0 Å². The molecule has 0 saturated carbocycles. The van der Waals surface area contributed by atoms with Crippen molar-refractivity contribution >= 4 is 10.0 Å². The zero-order chi connectivity index (χ0) is 16.9. The van der Waals surface area contributed by atoms with Crippen molar-refractivity contribution in [2.45, 2.75) is 97.5 Å². The fourth-order valence-electron chi connectivity index (χ4n) is 4.81. The lowest BCUT2D eigenvalue weighted by molar-refractivity contribution is 0.297. The SMILES string of the molecule is CCC(C)C(CC)CCC(C(C)CC(C)C)S1(C)CC1CC. The van der Waals surface area contributed by atoms with Gasteiger partial charge >= 0.3 is 0 Å². The smallest absolute Gasteiger partial charge is 0.00375 e. The van der Waals surface area contributed by atoms with Crippen LogP contribution in [0.4, 0.5) is 0 Å². The van der Waals surface area contributed by atoms with Crippen molar-refractivity contribution in [3.05, 3.63) is 0 Å². The predicted molar refractivity (Wildman–Crippen MR) is 107 cm³/mol. The monoisotopic (exact) mass is 328 g/mol. The summed E-state index contributed by atoms with van der Waals surface area (Å²) in [4.78, 5) is 0. The Morgan fingerprint density at radius 2 is 1.55 bits per heavy atom. The Balaban J connectivity index is 2.70. The van der Waals surface area contributed by atoms with E-state index in [1.165, 1.54) is 38.5 Å². The summed E-state index contributed by atoms with van der Waals surface area (Å²) in [5.41, 5.74) is 0. The van der Waals surface area contributed by atoms with E-state index in [4.69, 9.17) is 0 Å². The van der Waals surface area contributed by atoms with E-state index in [1.54, 1.807) is 5.75 Å². The molecule has 1 heteroatoms. The summed E-state index contributed by atoms with van der Waals surface area (Å²) in [5, 5.41) is 2.13. The standard InChI is InChI=1S/C21H44S/c1-9-17(6)19(10-2)12-13-21(18(7)14-16(4)5)22(8)15-20(22)11-3/h16-21H,9-15H2,1-8H3. The van der Waals surface area contributed by atoms with E-state index < -0.39 is 0 Å². The summed E-state index contributed by atoms with van der Waals surface area (Å²) in [6, 6.07) is 0. The molecule has 1 heterocycles. The van der Waals surface area contributed by atoms with Crippen molar-refractivity contribution in [3.63, 3.8) is 0 Å². The molecule has 1 aliphatic heterocycles. The number of hydrogen-bond acceptors (Lipinski definition) is 0. The van der Waals surface area contributed by atoms with Gasteiger partial charge in [0.1, 0.15) is 0 Å². The van der Waals surface area contributed by atoms with E-state index in [2.05, 4.69) is 54.7 Å². The summed E-state index contributed by atoms with van der Waals surface area (Å²) in [5.74, 6) is 5.24. The van der Waals surface area contributed by atoms with Crippen LogP contribution in [0.25, 0.3) is 0 Å². The molecule has 0 nitrogen and oxygen atoms in total. The van der Waals surface area contributed by atoms with Gasteiger partial charge in [-0.15, -0.1) is 0 Å². The molecular formula is C21H44S. The molecule has 134 valence electrons. The highest BCUT2D eigenvalue weighted by atomic mass is 32.3. The molecule has 6 atom stereocenters. The maximum Gasteiger partial charge on any atom is -0.00375 e. The minimum absolute atomic E-state index is 0.287. The molecule has 0 amide bonds. The highest BCUT2D eigenvalue weighted by Crippen LogP contribution is 2.72. The zero-order valence-electron chi connectivity index (χ0n) is 16.8. The van der Waals surface area contributed by atoms with E-state index in [-0.39, 0.29) is 10.0 Å². The molecule has 0 bridgehead atoms. The number of hydrogen-bond donors (Lipinski definition) is 0. The molecule has 0 aromatic heterocycles. The summed E-state index contributed by atoms with van der Waals surface area (Å²) >= 11 is 0. The quantitative estimate of drug-likeness (QED) is 0.354. The Morgan fingerprint density at radius 3 is 1.95 bits per heavy atom. The van der Waals surface area contributed by atoms with Gasteiger partial charge in [-0.1, -0.05) is 61.3 Å². The van der Waals surface area contributed by atoms with Gasteiger partial charge in [0.05, 0.1) is 0 Å². The van der Waals surface area contributed by atoms with Gasteiger partial charge in [-0.25, -0.2) is 10.0 Å². The Hall–Kier alpha value is 0.350. The van der Waals surface area contributed by atoms with E-state index in [0.717, 1.165) is 34.2 Å². The fourth-order valence-corrected chi connectivity index (χ4v) is 9.77. The topological polar surface area (TPSA) is 0 Å². The molecule has 0 aliphatic carbocycles. The molecular weight excluding hydrogens is 284 g/mol. The van der Waals surface area contributed by atoms with Crippen LogP contribution in [0.3, 0.4) is 0 Å². The first kappa shape index (κ1) is 20.4. The maximum atomic E-state index is 2.69. The summed E-state index contributed by atoms with van der Waals surface area (Å²) < 4.78 is 0. The third-order valence-corrected chi connectivity index (χ3v) is 11.4. The molecule has 1 aliphatic rings. The zero-order valence-corrected chi connectivity index (χ0v) is 17.6. The molecule has 6 unspecified atom stereocenters. The first-order valence-electron chi connectivity index (χ1n) is 10.0. The molecule has 22 heavy (non-hydrogen) atoms. The van der Waals surface area contributed by atoms with Crippen LogP contribution in [0, 0.1) is 23.7 Å². The van der Waals surface area contributed by atoms with Crippen molar-refractivity contribution in [3.8, 4) is 0 Å². The minimum atomic E-state index is -0.287. The Labute approximate surface area is 143 Å². The molecule has 0 N–H and O–H groups in total. The lowest BCUT2D eigenvalue weighted by Crippen LogP contribution is -2.24. The van der Waals surface area contributed by atoms with Gasteiger partial charge in [-0.3, -0.25) is 0 Å². The van der Waals surface area contributed by atoms with Crippen LogP contribution in [0.15, 0.2) is 0 Å². The van der Waals surface area contributed by atoms with Crippen molar-refractivity contribution < 1.29 is 0 Å². The lowest BCUT2D eigenvalue weighted by atomic mass is 9.84. The maximum absolute atomic E-state index is 2.69. The first-order chi connectivity index (χ1) is 10.3. The second kappa shape index (κ2) is 9.00. The first-order valence-corrected chi connectivity index (χ1v) is 12.4. The Morgan fingerprint density at radius 1 is 0.909 bits per heavy atom. The molecule has 0 spiro atoms. The van der Waals surface area contributed by atoms with E-state index in [9.17, 15) is 0 Å². The van der Waals surface area contributed by atoms with Gasteiger partial charge in [0, 0.05) is 0 Å². The Bertz CT molecular complexity index is 311. The van der Waals surface area contributed by atoms with Gasteiger partial charge in [0.2, 0.25) is 0 Å². The van der Waals surface area contributed by atoms with Crippen LogP contribution in [0.2, 0.25) is 0 Å². The second-order valence-electron chi connectivity index (χ2n) is 8.70. The average Bonchev–Trinajstić information content (AvgIpc) is 3.13. The molecule has 1 rings (SSSR count). The molecule has 0 aromatic carbocycles. The van der Waals surface area contributed by atoms with Gasteiger partial charge in [0.25, 0.3) is 0 Å². The Kier molecular flexibility index (Phi) is 8.34. The highest BCUT2D eigenvalue weighted by Gasteiger charge is 2.50. The minimum Gasteiger partial charge on any atom is -0.236 e. The molecule has 0 radical (unpaired) electrons. The lowest BCUT2D eigenvalue weighted by Gasteiger charge is -2.37. The average molecular weight is 329 g/mol. The molecule has 1 fully saturated rings. The van der Waals surface area contributed by atoms with Crippen LogP contribution in [-0.2, 0) is 0 Å². The van der Waals surface area contributed by atoms with Crippen molar-refractivity contribution in [1.82, 2.24) is 0 Å². The van der Waals surface area contributed by atoms with Crippen molar-refractivity contribution in [2.24, 2.45) is 23.7 Å². The summed E-state index contributed by atoms with van der Waals surface area (Å²) in [7, 11) is -0.287. The second-order valence-corrected chi connectivity index (χ2v) is 12.8. The summed E-state index contributed by atoms with van der Waals surface area (Å²) in [6.45, 7) is 17.0. The van der Waals surface area contributed by atoms with Gasteiger partial charge in [-0.2, -0.15) is 0 Å². The van der Waals surface area contributed by atoms with Crippen LogP contribution in [0.5, 0.6) is 0 Å². The molecule has 0 aromatic rings. The van der Waals surface area contributed by atoms with Crippen LogP contribution >= 0.6 is 10.0 Å². The highest BCUT2D eigenvalue weighted by molar-refractivity contribution is 8.40. The largest absolute Gasteiger partial charge is 0.236 e.